The van der Waals surface area contributed by atoms with E-state index in [1.54, 1.807) is 77.6 Å². The third-order valence-corrected chi connectivity index (χ3v) is 16.2. The van der Waals surface area contributed by atoms with Crippen LogP contribution in [-0.4, -0.2) is 91.9 Å². The molecule has 0 aliphatic carbocycles. The number of anilines is 3. The van der Waals surface area contributed by atoms with Crippen molar-refractivity contribution >= 4 is 34.8 Å². The summed E-state index contributed by atoms with van der Waals surface area (Å²) in [6, 6.07) is 18.6. The molecule has 3 aliphatic rings. The standard InChI is InChI=1S/C25H25F2N5O.C22H18F3N5O.C21H16F3N5O/c1-15-13-32-24(30-15)19(16-4-5-17(14-31(2)3)22(27)10-16)11-28-25(32)29-12-20-18-8-9-33-23(18)7-6-21(20)26;1-12-11-30-21(29-12)16(14-3-2-7-26-19(14)20(24)25)10-28-22(30)27-9-15-13-6-8-31-18(13)5-4-17(15)23;1-11-10-29-20(28-11)16(14-6-12(22)7-25-19(14)24)9-27-21(29)26-8-15-13-4-5-30-18(13)3-2-17(15)23/h4-7,10-11,13H,8-9,12,14H2,1-3H3,(H,28,29);2-5,7,10-11,20H,6,8-9H2,1H3,(H,27,28);2-3,6-7,9-10H,4-5,8H2,1H3,(H,26,27). The van der Waals surface area contributed by atoms with Gasteiger partial charge in [0, 0.05) is 156 Å². The van der Waals surface area contributed by atoms with Crippen LogP contribution in [-0.2, 0) is 45.4 Å². The van der Waals surface area contributed by atoms with Crippen LogP contribution in [0.1, 0.15) is 68.1 Å². The van der Waals surface area contributed by atoms with E-state index in [1.165, 1.54) is 42.9 Å². The summed E-state index contributed by atoms with van der Waals surface area (Å²) >= 11 is 0. The molecular formula is C68H59F8N15O3. The van der Waals surface area contributed by atoms with Crippen molar-refractivity contribution in [3.63, 3.8) is 0 Å². The van der Waals surface area contributed by atoms with E-state index in [0.717, 1.165) is 46.0 Å². The quantitative estimate of drug-likeness (QED) is 0.0650. The van der Waals surface area contributed by atoms with Crippen LogP contribution in [0.2, 0.25) is 0 Å². The van der Waals surface area contributed by atoms with Crippen LogP contribution in [0, 0.1) is 55.8 Å². The summed E-state index contributed by atoms with van der Waals surface area (Å²) in [5.74, 6) is 0.833. The number of halogens is 8. The van der Waals surface area contributed by atoms with Gasteiger partial charge in [-0.1, -0.05) is 18.2 Å². The molecule has 12 aromatic rings. The highest BCUT2D eigenvalue weighted by atomic mass is 19.3. The van der Waals surface area contributed by atoms with Crippen LogP contribution in [0.15, 0.2) is 122 Å². The monoisotopic (exact) mass is 1290 g/mol. The molecule has 26 heteroatoms. The van der Waals surface area contributed by atoms with Crippen molar-refractivity contribution in [1.82, 2.24) is 58.0 Å². The number of nitrogens with zero attached hydrogens (tertiary/aromatic N) is 12. The van der Waals surface area contributed by atoms with Crippen LogP contribution in [0.5, 0.6) is 17.2 Å². The van der Waals surface area contributed by atoms with E-state index in [9.17, 15) is 35.1 Å². The molecule has 11 heterocycles. The summed E-state index contributed by atoms with van der Waals surface area (Å²) in [5.41, 5.74) is 10.6. The normalized spacial score (nSPS) is 12.9. The first kappa shape index (κ1) is 62.1. The second-order valence-corrected chi connectivity index (χ2v) is 22.9. The average molecular weight is 1290 g/mol. The molecule has 0 bridgehead atoms. The van der Waals surface area contributed by atoms with Crippen molar-refractivity contribution in [3.05, 3.63) is 219 Å². The first-order valence-corrected chi connectivity index (χ1v) is 30.0. The number of ether oxygens (including phenoxy) is 3. The zero-order valence-electron chi connectivity index (χ0n) is 51.3. The van der Waals surface area contributed by atoms with Gasteiger partial charge in [-0.05, 0) is 95.0 Å². The average Bonchev–Trinajstić information content (AvgIpc) is 1.53. The van der Waals surface area contributed by atoms with Crippen molar-refractivity contribution in [2.45, 2.75) is 72.6 Å². The molecule has 8 aromatic heterocycles. The Labute approximate surface area is 532 Å². The number of pyridine rings is 2. The molecule has 15 rings (SSSR count). The first-order chi connectivity index (χ1) is 45.4. The minimum atomic E-state index is -2.73. The second kappa shape index (κ2) is 26.1. The molecule has 4 aromatic carbocycles. The van der Waals surface area contributed by atoms with Gasteiger partial charge in [0.15, 0.2) is 0 Å². The van der Waals surface area contributed by atoms with E-state index in [2.05, 4.69) is 55.8 Å². The number of aromatic nitrogens is 11. The Hall–Kier alpha value is -10.8. The third-order valence-electron chi connectivity index (χ3n) is 16.2. The molecular weight excluding hydrogens is 1230 g/mol. The van der Waals surface area contributed by atoms with Gasteiger partial charge in [-0.15, -0.1) is 0 Å². The highest BCUT2D eigenvalue weighted by Crippen LogP contribution is 2.37. The lowest BCUT2D eigenvalue weighted by molar-refractivity contribution is 0.147. The van der Waals surface area contributed by atoms with Gasteiger partial charge in [-0.2, -0.15) is 4.39 Å². The molecule has 0 saturated carbocycles. The lowest BCUT2D eigenvalue weighted by Crippen LogP contribution is -2.12. The Morgan fingerprint density at radius 2 is 0.936 bits per heavy atom. The summed E-state index contributed by atoms with van der Waals surface area (Å²) in [6.07, 6.45) is 11.3. The fraction of sp³-hybridized carbons (Fsp3) is 0.235. The predicted octanol–water partition coefficient (Wildman–Crippen LogP) is 13.4. The van der Waals surface area contributed by atoms with E-state index in [1.807, 2.05) is 42.6 Å². The highest BCUT2D eigenvalue weighted by molar-refractivity contribution is 5.81. The van der Waals surface area contributed by atoms with Crippen LogP contribution in [0.3, 0.4) is 0 Å². The zero-order valence-corrected chi connectivity index (χ0v) is 51.3. The van der Waals surface area contributed by atoms with Crippen molar-refractivity contribution < 1.29 is 49.3 Å². The molecule has 3 aliphatic heterocycles. The number of benzene rings is 4. The van der Waals surface area contributed by atoms with Gasteiger partial charge in [0.25, 0.3) is 6.43 Å². The van der Waals surface area contributed by atoms with Gasteiger partial charge in [0.05, 0.1) is 43.1 Å². The van der Waals surface area contributed by atoms with E-state index in [-0.39, 0.29) is 59.7 Å². The second-order valence-electron chi connectivity index (χ2n) is 22.9. The Balaban J connectivity index is 0.000000128. The van der Waals surface area contributed by atoms with E-state index < -0.39 is 18.2 Å². The highest BCUT2D eigenvalue weighted by Gasteiger charge is 2.26. The van der Waals surface area contributed by atoms with E-state index in [0.29, 0.717) is 142 Å². The molecule has 18 nitrogen and oxygen atoms in total. The Morgan fingerprint density at radius 3 is 1.38 bits per heavy atom. The van der Waals surface area contributed by atoms with Crippen LogP contribution in [0.4, 0.5) is 53.0 Å². The fourth-order valence-corrected chi connectivity index (χ4v) is 11.9. The maximum atomic E-state index is 14.7. The minimum Gasteiger partial charge on any atom is -0.493 e. The summed E-state index contributed by atoms with van der Waals surface area (Å²) in [5, 5.41) is 9.53. The summed E-state index contributed by atoms with van der Waals surface area (Å²) in [7, 11) is 3.81. The predicted molar refractivity (Wildman–Crippen MR) is 336 cm³/mol. The number of nitrogens with one attached hydrogen (secondary N) is 3. The summed E-state index contributed by atoms with van der Waals surface area (Å²) < 4.78 is 135. The van der Waals surface area contributed by atoms with Gasteiger partial charge < -0.3 is 35.1 Å². The molecule has 480 valence electrons. The number of hydrogen-bond acceptors (Lipinski definition) is 15. The van der Waals surface area contributed by atoms with E-state index >= 15 is 0 Å². The van der Waals surface area contributed by atoms with Crippen molar-refractivity contribution in [1.29, 1.82) is 0 Å². The van der Waals surface area contributed by atoms with E-state index in [4.69, 9.17) is 14.2 Å². The van der Waals surface area contributed by atoms with Gasteiger partial charge >= 0.3 is 0 Å². The Kier molecular flexibility index (Phi) is 17.2. The number of aryl methyl sites for hydroxylation is 3. The SMILES string of the molecule is Cc1cn2c(NCc3c(F)ccc4c3CCO4)ncc(-c3cc(F)cnc3F)c2n1.Cc1cn2c(NCc3c(F)ccc4c3CCO4)ncc(-c3ccc(CN(C)C)c(F)c3)c2n1.Cc1cn2c(NCc3c(F)ccc4c3CCO4)ncc(-c3cccnc3C(F)F)c2n1. The Morgan fingerprint density at radius 1 is 0.489 bits per heavy atom. The third kappa shape index (κ3) is 12.4. The van der Waals surface area contributed by atoms with Crippen LogP contribution in [0.25, 0.3) is 50.3 Å². The maximum Gasteiger partial charge on any atom is 0.280 e. The lowest BCUT2D eigenvalue weighted by Gasteiger charge is -2.14. The molecule has 0 atom stereocenters. The lowest BCUT2D eigenvalue weighted by atomic mass is 10.0. The summed E-state index contributed by atoms with van der Waals surface area (Å²) in [4.78, 5) is 36.1. The number of hydrogen-bond donors (Lipinski definition) is 3. The number of fused-ring (bicyclic) bond motifs is 6. The molecule has 0 spiro atoms. The largest absolute Gasteiger partial charge is 0.493 e. The minimum absolute atomic E-state index is 0.0336. The first-order valence-electron chi connectivity index (χ1n) is 30.0. The van der Waals surface area contributed by atoms with Crippen molar-refractivity contribution in [3.8, 4) is 50.6 Å². The van der Waals surface area contributed by atoms with Gasteiger partial charge in [0.1, 0.15) is 69.0 Å². The molecule has 0 saturated heterocycles. The molecule has 0 radical (unpaired) electrons. The van der Waals surface area contributed by atoms with Crippen LogP contribution < -0.4 is 30.2 Å². The van der Waals surface area contributed by atoms with Crippen molar-refractivity contribution in [2.24, 2.45) is 0 Å². The number of imidazole rings is 3. The maximum absolute atomic E-state index is 14.7. The molecule has 0 amide bonds. The van der Waals surface area contributed by atoms with Gasteiger partial charge in [-0.3, -0.25) is 18.2 Å². The number of alkyl halides is 2. The molecule has 0 unspecified atom stereocenters. The fourth-order valence-electron chi connectivity index (χ4n) is 11.9. The molecule has 0 fully saturated rings. The molecule has 3 N–H and O–H groups in total. The van der Waals surface area contributed by atoms with Crippen molar-refractivity contribution in [2.75, 3.05) is 49.9 Å². The summed E-state index contributed by atoms with van der Waals surface area (Å²) in [6.45, 7) is 8.27. The van der Waals surface area contributed by atoms with Gasteiger partial charge in [0.2, 0.25) is 23.8 Å². The molecule has 94 heavy (non-hydrogen) atoms. The zero-order chi connectivity index (χ0) is 65.5. The smallest absolute Gasteiger partial charge is 0.280 e. The topological polar surface area (TPSA) is 183 Å². The Bertz CT molecular complexity index is 4880. The number of rotatable bonds is 15. The van der Waals surface area contributed by atoms with Gasteiger partial charge in [-0.25, -0.2) is 65.6 Å². The van der Waals surface area contributed by atoms with Crippen LogP contribution >= 0.6 is 0 Å².